The summed E-state index contributed by atoms with van der Waals surface area (Å²) < 4.78 is 5.39. The Labute approximate surface area is 186 Å². The Balaban J connectivity index is 1.87. The number of aromatic nitrogens is 1. The smallest absolute Gasteiger partial charge is 0.258 e. The maximum absolute atomic E-state index is 12.9. The minimum Gasteiger partial charge on any atom is -0.495 e. The van der Waals surface area contributed by atoms with Crippen molar-refractivity contribution in [3.63, 3.8) is 0 Å². The number of rotatable bonds is 6. The van der Waals surface area contributed by atoms with Crippen molar-refractivity contribution in [2.75, 3.05) is 31.4 Å². The second-order valence-electron chi connectivity index (χ2n) is 6.85. The van der Waals surface area contributed by atoms with Crippen molar-refractivity contribution in [2.45, 2.75) is 6.54 Å². The van der Waals surface area contributed by atoms with E-state index >= 15 is 0 Å². The highest BCUT2D eigenvalue weighted by molar-refractivity contribution is 6.31. The van der Waals surface area contributed by atoms with Gasteiger partial charge < -0.3 is 15.0 Å². The highest BCUT2D eigenvalue weighted by Crippen LogP contribution is 2.27. The van der Waals surface area contributed by atoms with Crippen LogP contribution in [0.5, 0.6) is 5.75 Å². The summed E-state index contributed by atoms with van der Waals surface area (Å²) in [7, 11) is 5.40. The van der Waals surface area contributed by atoms with Crippen LogP contribution in [0.4, 0.5) is 11.4 Å². The van der Waals surface area contributed by atoms with E-state index in [4.69, 9.17) is 16.3 Å². The van der Waals surface area contributed by atoms with Gasteiger partial charge in [-0.25, -0.2) is 4.99 Å². The van der Waals surface area contributed by atoms with Crippen LogP contribution in [0.3, 0.4) is 0 Å². The van der Waals surface area contributed by atoms with Crippen LogP contribution in [0, 0.1) is 0 Å². The van der Waals surface area contributed by atoms with Gasteiger partial charge in [-0.1, -0.05) is 23.7 Å². The maximum atomic E-state index is 12.9. The average molecular weight is 438 g/mol. The molecule has 0 bridgehead atoms. The monoisotopic (exact) mass is 437 g/mol. The molecule has 0 atom stereocenters. The lowest BCUT2D eigenvalue weighted by Crippen LogP contribution is -2.36. The van der Waals surface area contributed by atoms with Gasteiger partial charge >= 0.3 is 0 Å². The first-order valence-corrected chi connectivity index (χ1v) is 9.97. The molecule has 31 heavy (non-hydrogen) atoms. The number of carbonyl (C=O) groups is 1. The third-order valence-corrected chi connectivity index (χ3v) is 4.63. The van der Waals surface area contributed by atoms with E-state index in [-0.39, 0.29) is 18.4 Å². The van der Waals surface area contributed by atoms with Crippen LogP contribution >= 0.6 is 11.6 Å². The zero-order chi connectivity index (χ0) is 22.2. The zero-order valence-electron chi connectivity index (χ0n) is 17.6. The van der Waals surface area contributed by atoms with Crippen LogP contribution in [0.1, 0.15) is 16.1 Å². The van der Waals surface area contributed by atoms with Crippen molar-refractivity contribution in [3.8, 4) is 5.75 Å². The van der Waals surface area contributed by atoms with E-state index < -0.39 is 0 Å². The van der Waals surface area contributed by atoms with Gasteiger partial charge in [0.25, 0.3) is 5.91 Å². The van der Waals surface area contributed by atoms with Crippen LogP contribution in [-0.2, 0) is 6.54 Å². The summed E-state index contributed by atoms with van der Waals surface area (Å²) in [5, 5.41) is 6.49. The molecule has 0 aliphatic carbocycles. The van der Waals surface area contributed by atoms with E-state index in [2.05, 4.69) is 20.6 Å². The SMILES string of the molecule is COc1ccc(Cl)cc1NC(=NCc1ccccn1)NC(=O)c1cccc(N(C)C)c1. The van der Waals surface area contributed by atoms with Crippen LogP contribution in [-0.4, -0.2) is 38.1 Å². The highest BCUT2D eigenvalue weighted by Gasteiger charge is 2.13. The van der Waals surface area contributed by atoms with Crippen LogP contribution in [0.2, 0.25) is 5.02 Å². The third kappa shape index (κ3) is 6.20. The van der Waals surface area contributed by atoms with Crippen LogP contribution in [0.25, 0.3) is 0 Å². The fourth-order valence-corrected chi connectivity index (χ4v) is 2.94. The Kier molecular flexibility index (Phi) is 7.45. The zero-order valence-corrected chi connectivity index (χ0v) is 18.3. The van der Waals surface area contributed by atoms with Crippen molar-refractivity contribution < 1.29 is 9.53 Å². The predicted molar refractivity (Wildman–Crippen MR) is 125 cm³/mol. The van der Waals surface area contributed by atoms with Crippen LogP contribution < -0.4 is 20.3 Å². The van der Waals surface area contributed by atoms with Gasteiger partial charge in [0.1, 0.15) is 5.75 Å². The lowest BCUT2D eigenvalue weighted by atomic mass is 10.2. The van der Waals surface area contributed by atoms with E-state index in [1.54, 1.807) is 37.6 Å². The van der Waals surface area contributed by atoms with Crippen molar-refractivity contribution in [1.82, 2.24) is 10.3 Å². The molecule has 1 amide bonds. The number of nitrogens with one attached hydrogen (secondary N) is 2. The predicted octanol–water partition coefficient (Wildman–Crippen LogP) is 4.21. The molecule has 0 saturated heterocycles. The van der Waals surface area contributed by atoms with Crippen molar-refractivity contribution >= 4 is 34.8 Å². The van der Waals surface area contributed by atoms with Gasteiger partial charge in [0, 0.05) is 36.6 Å². The number of benzene rings is 2. The Morgan fingerprint density at radius 2 is 1.97 bits per heavy atom. The second kappa shape index (κ2) is 10.4. The summed E-state index contributed by atoms with van der Waals surface area (Å²) in [6, 6.07) is 18.1. The minimum absolute atomic E-state index is 0.256. The number of methoxy groups -OCH3 is 1. The molecule has 2 N–H and O–H groups in total. The molecule has 0 aliphatic rings. The molecule has 0 saturated carbocycles. The van der Waals surface area contributed by atoms with Gasteiger partial charge in [-0.15, -0.1) is 0 Å². The average Bonchev–Trinajstić information content (AvgIpc) is 2.78. The number of halogens is 1. The van der Waals surface area contributed by atoms with E-state index in [1.807, 2.05) is 55.4 Å². The summed E-state index contributed by atoms with van der Waals surface area (Å²) in [5.74, 6) is 0.530. The van der Waals surface area contributed by atoms with Gasteiger partial charge in [-0.3, -0.25) is 15.1 Å². The number of amides is 1. The number of guanidine groups is 1. The molecule has 0 aliphatic heterocycles. The third-order valence-electron chi connectivity index (χ3n) is 4.40. The molecule has 0 spiro atoms. The first kappa shape index (κ1) is 22.1. The van der Waals surface area contributed by atoms with Gasteiger partial charge in [0.05, 0.1) is 25.0 Å². The molecule has 1 heterocycles. The maximum Gasteiger partial charge on any atom is 0.258 e. The Bertz CT molecular complexity index is 1070. The quantitative estimate of drug-likeness (QED) is 0.446. The largest absolute Gasteiger partial charge is 0.495 e. The summed E-state index contributed by atoms with van der Waals surface area (Å²) >= 11 is 6.14. The van der Waals surface area contributed by atoms with E-state index in [0.29, 0.717) is 22.0 Å². The van der Waals surface area contributed by atoms with Gasteiger partial charge in [-0.2, -0.15) is 0 Å². The summed E-state index contributed by atoms with van der Waals surface area (Å²) in [6.07, 6.45) is 1.70. The van der Waals surface area contributed by atoms with Crippen molar-refractivity contribution in [1.29, 1.82) is 0 Å². The number of pyridine rings is 1. The second-order valence-corrected chi connectivity index (χ2v) is 7.29. The Morgan fingerprint density at radius 3 is 2.68 bits per heavy atom. The highest BCUT2D eigenvalue weighted by atomic mass is 35.5. The standard InChI is InChI=1S/C23H24ClN5O2/c1-29(2)19-9-6-7-16(13-19)22(30)28-23(26-15-18-8-4-5-12-25-18)27-20-14-17(24)10-11-21(20)31-3/h4-14H,15H2,1-3H3,(H2,26,27,28,30). The molecular weight excluding hydrogens is 414 g/mol. The molecular formula is C23H24ClN5O2. The summed E-state index contributed by atoms with van der Waals surface area (Å²) in [5.41, 5.74) is 2.78. The number of aliphatic imine (C=N–C) groups is 1. The van der Waals surface area contributed by atoms with Crippen molar-refractivity contribution in [2.24, 2.45) is 4.99 Å². The van der Waals surface area contributed by atoms with E-state index in [0.717, 1.165) is 11.4 Å². The van der Waals surface area contributed by atoms with E-state index in [1.165, 1.54) is 0 Å². The topological polar surface area (TPSA) is 78.8 Å². The molecule has 0 radical (unpaired) electrons. The summed E-state index contributed by atoms with van der Waals surface area (Å²) in [4.78, 5) is 23.7. The fraction of sp³-hybridized carbons (Fsp3) is 0.174. The molecule has 0 unspecified atom stereocenters. The first-order valence-electron chi connectivity index (χ1n) is 9.60. The molecule has 8 heteroatoms. The molecule has 1 aromatic heterocycles. The number of nitrogens with zero attached hydrogens (tertiary/aromatic N) is 3. The number of anilines is 2. The summed E-state index contributed by atoms with van der Waals surface area (Å²) in [6.45, 7) is 0.282. The minimum atomic E-state index is -0.294. The normalized spacial score (nSPS) is 11.0. The Morgan fingerprint density at radius 1 is 1.13 bits per heavy atom. The first-order chi connectivity index (χ1) is 15.0. The van der Waals surface area contributed by atoms with Gasteiger partial charge in [-0.05, 0) is 48.5 Å². The lowest BCUT2D eigenvalue weighted by molar-refractivity contribution is 0.0977. The van der Waals surface area contributed by atoms with E-state index in [9.17, 15) is 4.79 Å². The molecule has 0 fully saturated rings. The fourth-order valence-electron chi connectivity index (χ4n) is 2.77. The van der Waals surface area contributed by atoms with Crippen LogP contribution in [0.15, 0.2) is 71.9 Å². The molecule has 2 aromatic carbocycles. The number of ether oxygens (including phenoxy) is 1. The Hall–Kier alpha value is -3.58. The molecule has 160 valence electrons. The van der Waals surface area contributed by atoms with Gasteiger partial charge in [0.15, 0.2) is 0 Å². The number of hydrogen-bond donors (Lipinski definition) is 2. The molecule has 3 rings (SSSR count). The van der Waals surface area contributed by atoms with Crippen molar-refractivity contribution in [3.05, 3.63) is 83.1 Å². The number of carbonyl (C=O) groups excluding carboxylic acids is 1. The molecule has 7 nitrogen and oxygen atoms in total. The van der Waals surface area contributed by atoms with Gasteiger partial charge in [0.2, 0.25) is 5.96 Å². The molecule has 3 aromatic rings. The lowest BCUT2D eigenvalue weighted by Gasteiger charge is -2.16. The number of hydrogen-bond acceptors (Lipinski definition) is 5.